The van der Waals surface area contributed by atoms with Crippen LogP contribution in [0.1, 0.15) is 62.6 Å². The van der Waals surface area contributed by atoms with Crippen LogP contribution in [0.4, 0.5) is 5.69 Å². The number of aryl methyl sites for hydroxylation is 1. The van der Waals surface area contributed by atoms with Crippen molar-refractivity contribution < 1.29 is 14.3 Å². The molecule has 2 aliphatic rings. The Bertz CT molecular complexity index is 1470. The van der Waals surface area contributed by atoms with Gasteiger partial charge in [0.25, 0.3) is 5.91 Å². The van der Waals surface area contributed by atoms with Gasteiger partial charge in [0, 0.05) is 21.7 Å². The Hall–Kier alpha value is -2.93. The van der Waals surface area contributed by atoms with Crippen LogP contribution in [-0.4, -0.2) is 28.6 Å². The third-order valence-electron chi connectivity index (χ3n) is 7.33. The second kappa shape index (κ2) is 13.8. The van der Waals surface area contributed by atoms with Gasteiger partial charge < -0.3 is 9.47 Å². The summed E-state index contributed by atoms with van der Waals surface area (Å²) in [7, 11) is 0. The zero-order valence-electron chi connectivity index (χ0n) is 23.4. The maximum absolute atomic E-state index is 13.8. The highest BCUT2D eigenvalue weighted by atomic mass is 35.5. The number of amides is 1. The van der Waals surface area contributed by atoms with E-state index in [-0.39, 0.29) is 18.6 Å². The zero-order chi connectivity index (χ0) is 28.8. The number of thioether (sulfide) groups is 1. The van der Waals surface area contributed by atoms with Crippen LogP contribution in [0, 0.1) is 0 Å². The molecule has 1 heterocycles. The number of para-hydroxylation sites is 1. The van der Waals surface area contributed by atoms with Crippen molar-refractivity contribution in [2.24, 2.45) is 4.99 Å². The number of carbonyl (C=O) groups excluding carboxylic acids is 1. The third kappa shape index (κ3) is 7.11. The Labute approximate surface area is 256 Å². The van der Waals surface area contributed by atoms with Gasteiger partial charge in [-0.05, 0) is 85.5 Å². The summed E-state index contributed by atoms with van der Waals surface area (Å²) in [6, 6.07) is 19.4. The second-order valence-corrected chi connectivity index (χ2v) is 12.0. The van der Waals surface area contributed by atoms with Crippen LogP contribution in [0.5, 0.6) is 11.5 Å². The van der Waals surface area contributed by atoms with E-state index in [0.29, 0.717) is 33.1 Å². The Kier molecular flexibility index (Phi) is 9.97. The molecule has 5 rings (SSSR count). The van der Waals surface area contributed by atoms with E-state index in [2.05, 4.69) is 13.0 Å². The zero-order valence-corrected chi connectivity index (χ0v) is 25.7. The Morgan fingerprint density at radius 3 is 2.51 bits per heavy atom. The van der Waals surface area contributed by atoms with Crippen LogP contribution in [0.25, 0.3) is 6.08 Å². The number of halogens is 2. The number of carbonyl (C=O) groups is 1. The molecule has 0 N–H and O–H groups in total. The van der Waals surface area contributed by atoms with E-state index in [4.69, 9.17) is 37.7 Å². The predicted octanol–water partition coefficient (Wildman–Crippen LogP) is 9.47. The van der Waals surface area contributed by atoms with E-state index in [1.54, 1.807) is 12.1 Å². The minimum absolute atomic E-state index is 0.0188. The number of rotatable bonds is 9. The van der Waals surface area contributed by atoms with Crippen LogP contribution in [0.3, 0.4) is 0 Å². The normalized spacial score (nSPS) is 18.0. The standard InChI is InChI=1S/C33H34Cl2N2O3S/c1-3-23-10-8-9-13-28(23)36-33-37(26-11-6-5-7-12-26)32(38)31(41-33)19-22-14-17-29(30(18-22)39-4-2)40-21-24-15-16-25(34)20-27(24)35/h8-10,13-20,26H,3-7,11-12,21H2,1-2H3/b31-19+,36-33?. The van der Waals surface area contributed by atoms with Crippen molar-refractivity contribution in [2.75, 3.05) is 6.61 Å². The van der Waals surface area contributed by atoms with Crippen LogP contribution in [0.2, 0.25) is 10.0 Å². The minimum Gasteiger partial charge on any atom is -0.490 e. The number of hydrogen-bond acceptors (Lipinski definition) is 5. The molecule has 0 bridgehead atoms. The van der Waals surface area contributed by atoms with Gasteiger partial charge in [0.15, 0.2) is 16.7 Å². The monoisotopic (exact) mass is 608 g/mol. The molecule has 0 spiro atoms. The minimum atomic E-state index is 0.0188. The van der Waals surface area contributed by atoms with Gasteiger partial charge in [0.05, 0.1) is 17.2 Å². The quantitative estimate of drug-likeness (QED) is 0.227. The van der Waals surface area contributed by atoms with Crippen molar-refractivity contribution in [1.82, 2.24) is 4.90 Å². The first-order chi connectivity index (χ1) is 20.0. The fourth-order valence-corrected chi connectivity index (χ4v) is 6.71. The molecule has 214 valence electrons. The van der Waals surface area contributed by atoms with E-state index in [0.717, 1.165) is 54.1 Å². The predicted molar refractivity (Wildman–Crippen MR) is 171 cm³/mol. The molecule has 3 aromatic rings. The summed E-state index contributed by atoms with van der Waals surface area (Å²) in [5.74, 6) is 1.23. The summed E-state index contributed by atoms with van der Waals surface area (Å²) in [6.45, 7) is 4.82. The van der Waals surface area contributed by atoms with Crippen molar-refractivity contribution in [2.45, 2.75) is 65.0 Å². The first-order valence-electron chi connectivity index (χ1n) is 14.2. The SMILES string of the molecule is CCOc1cc(/C=C2/SC(=Nc3ccccc3CC)N(C3CCCCC3)C2=O)ccc1OCc1ccc(Cl)cc1Cl. The average molecular weight is 610 g/mol. The molecule has 41 heavy (non-hydrogen) atoms. The van der Waals surface area contributed by atoms with E-state index in [1.807, 2.05) is 60.4 Å². The van der Waals surface area contributed by atoms with E-state index in [1.165, 1.54) is 23.7 Å². The maximum atomic E-state index is 13.8. The van der Waals surface area contributed by atoms with E-state index in [9.17, 15) is 4.79 Å². The number of hydrogen-bond donors (Lipinski definition) is 0. The van der Waals surface area contributed by atoms with Gasteiger partial charge in [-0.15, -0.1) is 0 Å². The number of ether oxygens (including phenoxy) is 2. The molecule has 1 amide bonds. The fourth-order valence-electron chi connectivity index (χ4n) is 5.20. The lowest BCUT2D eigenvalue weighted by Crippen LogP contribution is -2.40. The van der Waals surface area contributed by atoms with Crippen LogP contribution >= 0.6 is 35.0 Å². The summed E-state index contributed by atoms with van der Waals surface area (Å²) < 4.78 is 12.0. The first kappa shape index (κ1) is 29.6. The Morgan fingerprint density at radius 2 is 1.76 bits per heavy atom. The molecule has 1 saturated heterocycles. The molecule has 8 heteroatoms. The lowest BCUT2D eigenvalue weighted by atomic mass is 9.94. The number of aliphatic imine (C=N–C) groups is 1. The molecule has 3 aromatic carbocycles. The third-order valence-corrected chi connectivity index (χ3v) is 8.90. The van der Waals surface area contributed by atoms with Gasteiger partial charge in [-0.1, -0.05) is 79.7 Å². The van der Waals surface area contributed by atoms with Crippen molar-refractivity contribution in [3.05, 3.63) is 92.3 Å². The highest BCUT2D eigenvalue weighted by Gasteiger charge is 2.38. The summed E-state index contributed by atoms with van der Waals surface area (Å²) in [4.78, 5) is 21.5. The van der Waals surface area contributed by atoms with Crippen LogP contribution in [-0.2, 0) is 17.8 Å². The van der Waals surface area contributed by atoms with Crippen LogP contribution in [0.15, 0.2) is 70.6 Å². The van der Waals surface area contributed by atoms with Gasteiger partial charge in [-0.3, -0.25) is 9.69 Å². The molecule has 1 aliphatic heterocycles. The van der Waals surface area contributed by atoms with Gasteiger partial charge >= 0.3 is 0 Å². The molecule has 1 aliphatic carbocycles. The fraction of sp³-hybridized carbons (Fsp3) is 0.333. The topological polar surface area (TPSA) is 51.1 Å². The molecule has 0 aromatic heterocycles. The number of nitrogens with zero attached hydrogens (tertiary/aromatic N) is 2. The van der Waals surface area contributed by atoms with Gasteiger partial charge in [0.2, 0.25) is 0 Å². The van der Waals surface area contributed by atoms with Gasteiger partial charge in [0.1, 0.15) is 6.61 Å². The van der Waals surface area contributed by atoms with E-state index >= 15 is 0 Å². The summed E-state index contributed by atoms with van der Waals surface area (Å²) >= 11 is 13.8. The Morgan fingerprint density at radius 1 is 0.951 bits per heavy atom. The number of amidine groups is 1. The summed E-state index contributed by atoms with van der Waals surface area (Å²) in [6.07, 6.45) is 8.32. The largest absolute Gasteiger partial charge is 0.490 e. The molecule has 2 fully saturated rings. The Balaban J connectivity index is 1.43. The van der Waals surface area contributed by atoms with Gasteiger partial charge in [-0.25, -0.2) is 4.99 Å². The number of benzene rings is 3. The smallest absolute Gasteiger partial charge is 0.267 e. The lowest BCUT2D eigenvalue weighted by Gasteiger charge is -2.30. The maximum Gasteiger partial charge on any atom is 0.267 e. The summed E-state index contributed by atoms with van der Waals surface area (Å²) in [5, 5.41) is 1.89. The van der Waals surface area contributed by atoms with Crippen molar-refractivity contribution in [3.63, 3.8) is 0 Å². The molecule has 0 unspecified atom stereocenters. The lowest BCUT2D eigenvalue weighted by molar-refractivity contribution is -0.124. The second-order valence-electron chi connectivity index (χ2n) is 10.1. The van der Waals surface area contributed by atoms with Crippen molar-refractivity contribution in [1.29, 1.82) is 0 Å². The highest BCUT2D eigenvalue weighted by molar-refractivity contribution is 8.18. The van der Waals surface area contributed by atoms with Gasteiger partial charge in [-0.2, -0.15) is 0 Å². The van der Waals surface area contributed by atoms with Crippen molar-refractivity contribution in [3.8, 4) is 11.5 Å². The molecule has 1 saturated carbocycles. The van der Waals surface area contributed by atoms with E-state index < -0.39 is 0 Å². The highest BCUT2D eigenvalue weighted by Crippen LogP contribution is 2.40. The van der Waals surface area contributed by atoms with Crippen LogP contribution < -0.4 is 9.47 Å². The molecule has 0 atom stereocenters. The summed E-state index contributed by atoms with van der Waals surface area (Å²) in [5.41, 5.74) is 3.79. The molecular formula is C33H34Cl2N2O3S. The molecule has 0 radical (unpaired) electrons. The van der Waals surface area contributed by atoms with Crippen molar-refractivity contribution >= 4 is 57.8 Å². The molecular weight excluding hydrogens is 575 g/mol. The molecule has 5 nitrogen and oxygen atoms in total. The average Bonchev–Trinajstić information content (AvgIpc) is 3.28. The first-order valence-corrected chi connectivity index (χ1v) is 15.8.